The van der Waals surface area contributed by atoms with Crippen molar-refractivity contribution in [3.05, 3.63) is 59.1 Å². The van der Waals surface area contributed by atoms with E-state index in [1.54, 1.807) is 0 Å². The van der Waals surface area contributed by atoms with Gasteiger partial charge in [0.05, 0.1) is 0 Å². The van der Waals surface area contributed by atoms with Crippen molar-refractivity contribution in [1.82, 2.24) is 0 Å². The summed E-state index contributed by atoms with van der Waals surface area (Å²) in [6.45, 7) is 0. The lowest BCUT2D eigenvalue weighted by atomic mass is 10.3. The maximum absolute atomic E-state index is 13.1. The van der Waals surface area contributed by atoms with E-state index < -0.39 is 17.7 Å². The van der Waals surface area contributed by atoms with Crippen LogP contribution in [0.5, 0.6) is 0 Å². The fraction of sp³-hybridized carbons (Fsp3) is 0. The summed E-state index contributed by atoms with van der Waals surface area (Å²) in [4.78, 5) is 11.6. The molecular weight excluding hydrogens is 274 g/mol. The Hall–Kier alpha value is -2.14. The summed E-state index contributed by atoms with van der Waals surface area (Å²) < 4.78 is 26.0. The average Bonchev–Trinajstić information content (AvgIpc) is 2.26. The number of halogens is 3. The van der Waals surface area contributed by atoms with E-state index in [0.717, 1.165) is 18.2 Å². The standard InChI is InChI=1S/C13H9ClF2N2O/c14-8-4-10(16)7-12(5-8)18-13(19)17-11-3-1-2-9(15)6-11/h1-7H,(H2,17,18,19). The molecule has 2 amide bonds. The lowest BCUT2D eigenvalue weighted by molar-refractivity contribution is 0.262. The molecule has 6 heteroatoms. The summed E-state index contributed by atoms with van der Waals surface area (Å²) in [6.07, 6.45) is 0. The van der Waals surface area contributed by atoms with Gasteiger partial charge in [-0.1, -0.05) is 17.7 Å². The van der Waals surface area contributed by atoms with E-state index in [0.29, 0.717) is 5.69 Å². The van der Waals surface area contributed by atoms with E-state index in [9.17, 15) is 13.6 Å². The second kappa shape index (κ2) is 5.67. The van der Waals surface area contributed by atoms with Crippen molar-refractivity contribution >= 4 is 29.0 Å². The van der Waals surface area contributed by atoms with E-state index in [2.05, 4.69) is 10.6 Å². The Morgan fingerprint density at radius 3 is 2.32 bits per heavy atom. The molecule has 0 aliphatic heterocycles. The number of hydrogen-bond acceptors (Lipinski definition) is 1. The molecular formula is C13H9ClF2N2O. The molecule has 3 nitrogen and oxygen atoms in total. The topological polar surface area (TPSA) is 41.1 Å². The van der Waals surface area contributed by atoms with E-state index in [4.69, 9.17) is 11.6 Å². The van der Waals surface area contributed by atoms with Crippen LogP contribution in [0.4, 0.5) is 25.0 Å². The van der Waals surface area contributed by atoms with Crippen molar-refractivity contribution in [2.24, 2.45) is 0 Å². The zero-order valence-electron chi connectivity index (χ0n) is 9.58. The molecule has 0 unspecified atom stereocenters. The van der Waals surface area contributed by atoms with Crippen LogP contribution in [-0.4, -0.2) is 6.03 Å². The molecule has 2 aromatic rings. The third-order valence-corrected chi connectivity index (χ3v) is 2.42. The Bertz CT molecular complexity index is 599. The molecule has 0 heterocycles. The summed E-state index contributed by atoms with van der Waals surface area (Å²) in [5.41, 5.74) is 0.499. The van der Waals surface area contributed by atoms with Gasteiger partial charge in [-0.05, 0) is 36.4 Å². The zero-order valence-corrected chi connectivity index (χ0v) is 10.3. The highest BCUT2D eigenvalue weighted by Crippen LogP contribution is 2.18. The van der Waals surface area contributed by atoms with Gasteiger partial charge >= 0.3 is 6.03 Å². The molecule has 0 bridgehead atoms. The lowest BCUT2D eigenvalue weighted by Crippen LogP contribution is -2.19. The Kier molecular flexibility index (Phi) is 3.97. The number of nitrogens with one attached hydrogen (secondary N) is 2. The van der Waals surface area contributed by atoms with Gasteiger partial charge < -0.3 is 10.6 Å². The molecule has 98 valence electrons. The maximum Gasteiger partial charge on any atom is 0.323 e. The highest BCUT2D eigenvalue weighted by Gasteiger charge is 2.05. The van der Waals surface area contributed by atoms with Crippen LogP contribution >= 0.6 is 11.6 Å². The Morgan fingerprint density at radius 1 is 0.947 bits per heavy atom. The van der Waals surface area contributed by atoms with Crippen LogP contribution in [0, 0.1) is 11.6 Å². The Balaban J connectivity index is 2.05. The van der Waals surface area contributed by atoms with Gasteiger partial charge in [-0.2, -0.15) is 0 Å². The van der Waals surface area contributed by atoms with Crippen molar-refractivity contribution in [3.8, 4) is 0 Å². The van der Waals surface area contributed by atoms with Crippen LogP contribution in [0.1, 0.15) is 0 Å². The van der Waals surface area contributed by atoms with Gasteiger partial charge in [-0.3, -0.25) is 0 Å². The monoisotopic (exact) mass is 282 g/mol. The first kappa shape index (κ1) is 13.3. The number of carbonyl (C=O) groups is 1. The van der Waals surface area contributed by atoms with Gasteiger partial charge in [0.15, 0.2) is 0 Å². The molecule has 19 heavy (non-hydrogen) atoms. The molecule has 0 saturated heterocycles. The van der Waals surface area contributed by atoms with Crippen LogP contribution in [0.3, 0.4) is 0 Å². The third kappa shape index (κ3) is 3.93. The molecule has 0 atom stereocenters. The molecule has 2 rings (SSSR count). The van der Waals surface area contributed by atoms with Crippen LogP contribution in [0.15, 0.2) is 42.5 Å². The molecule has 2 aromatic carbocycles. The lowest BCUT2D eigenvalue weighted by Gasteiger charge is -2.08. The van der Waals surface area contributed by atoms with Gasteiger partial charge in [0.2, 0.25) is 0 Å². The Labute approximate surface area is 113 Å². The fourth-order valence-corrected chi connectivity index (χ4v) is 1.71. The van der Waals surface area contributed by atoms with Crippen molar-refractivity contribution < 1.29 is 13.6 Å². The number of benzene rings is 2. The van der Waals surface area contributed by atoms with Gasteiger partial charge in [-0.25, -0.2) is 13.6 Å². The molecule has 0 aliphatic rings. The number of carbonyl (C=O) groups excluding carboxylic acids is 1. The van der Waals surface area contributed by atoms with E-state index in [-0.39, 0.29) is 10.7 Å². The smallest absolute Gasteiger partial charge is 0.308 e. The SMILES string of the molecule is O=C(Nc1cccc(F)c1)Nc1cc(F)cc(Cl)c1. The van der Waals surface area contributed by atoms with Crippen LogP contribution in [0.25, 0.3) is 0 Å². The molecule has 0 fully saturated rings. The highest BCUT2D eigenvalue weighted by molar-refractivity contribution is 6.30. The molecule has 0 aromatic heterocycles. The first-order valence-electron chi connectivity index (χ1n) is 5.32. The first-order valence-corrected chi connectivity index (χ1v) is 5.70. The molecule has 0 spiro atoms. The van der Waals surface area contributed by atoms with Gasteiger partial charge in [0, 0.05) is 16.4 Å². The van der Waals surface area contributed by atoms with Gasteiger partial charge in [-0.15, -0.1) is 0 Å². The molecule has 0 radical (unpaired) electrons. The number of anilines is 2. The van der Waals surface area contributed by atoms with Crippen LogP contribution in [-0.2, 0) is 0 Å². The predicted molar refractivity (Wildman–Crippen MR) is 70.5 cm³/mol. The number of amides is 2. The minimum absolute atomic E-state index is 0.168. The largest absolute Gasteiger partial charge is 0.323 e. The van der Waals surface area contributed by atoms with E-state index in [1.807, 2.05) is 0 Å². The summed E-state index contributed by atoms with van der Waals surface area (Å²) in [7, 11) is 0. The highest BCUT2D eigenvalue weighted by atomic mass is 35.5. The number of rotatable bonds is 2. The minimum Gasteiger partial charge on any atom is -0.308 e. The molecule has 2 N–H and O–H groups in total. The average molecular weight is 283 g/mol. The second-order valence-electron chi connectivity index (χ2n) is 3.75. The maximum atomic E-state index is 13.1. The van der Waals surface area contributed by atoms with Crippen molar-refractivity contribution in [2.45, 2.75) is 0 Å². The van der Waals surface area contributed by atoms with E-state index in [1.165, 1.54) is 24.3 Å². The summed E-state index contributed by atoms with van der Waals surface area (Å²) in [6, 6.07) is 8.44. The van der Waals surface area contributed by atoms with Crippen molar-refractivity contribution in [1.29, 1.82) is 0 Å². The molecule has 0 saturated carbocycles. The minimum atomic E-state index is -0.618. The fourth-order valence-electron chi connectivity index (χ4n) is 1.49. The third-order valence-electron chi connectivity index (χ3n) is 2.20. The summed E-state index contributed by atoms with van der Waals surface area (Å²) in [5, 5.41) is 4.98. The van der Waals surface area contributed by atoms with Crippen molar-refractivity contribution in [3.63, 3.8) is 0 Å². The summed E-state index contributed by atoms with van der Waals surface area (Å²) in [5.74, 6) is -1.03. The van der Waals surface area contributed by atoms with E-state index >= 15 is 0 Å². The van der Waals surface area contributed by atoms with Crippen molar-refractivity contribution in [2.75, 3.05) is 10.6 Å². The normalized spacial score (nSPS) is 10.1. The summed E-state index contributed by atoms with van der Waals surface area (Å²) >= 11 is 5.65. The van der Waals surface area contributed by atoms with Gasteiger partial charge in [0.1, 0.15) is 11.6 Å². The van der Waals surface area contributed by atoms with Crippen LogP contribution < -0.4 is 10.6 Å². The predicted octanol–water partition coefficient (Wildman–Crippen LogP) is 4.26. The number of urea groups is 1. The quantitative estimate of drug-likeness (QED) is 0.849. The Morgan fingerprint density at radius 2 is 1.63 bits per heavy atom. The molecule has 0 aliphatic carbocycles. The first-order chi connectivity index (χ1) is 9.02. The zero-order chi connectivity index (χ0) is 13.8. The van der Waals surface area contributed by atoms with Crippen LogP contribution in [0.2, 0.25) is 5.02 Å². The van der Waals surface area contributed by atoms with Gasteiger partial charge in [0.25, 0.3) is 0 Å². The second-order valence-corrected chi connectivity index (χ2v) is 4.18. The number of hydrogen-bond donors (Lipinski definition) is 2.